The number of rotatable bonds is 2. The number of anilines is 2. The third-order valence-corrected chi connectivity index (χ3v) is 3.50. The van der Waals surface area contributed by atoms with Crippen molar-refractivity contribution in [1.82, 2.24) is 15.0 Å². The lowest BCUT2D eigenvalue weighted by molar-refractivity contribution is -0.117. The Balaban J connectivity index is 2.35. The molecule has 1 atom stereocenters. The number of aromatic nitrogens is 3. The summed E-state index contributed by atoms with van der Waals surface area (Å²) >= 11 is 0. The number of nitrogens with one attached hydrogen (secondary N) is 1. The van der Waals surface area contributed by atoms with Crippen molar-refractivity contribution >= 4 is 28.0 Å². The molecule has 18 heavy (non-hydrogen) atoms. The first-order valence-corrected chi connectivity index (χ1v) is 6.19. The second kappa shape index (κ2) is 4.01. The number of aromatic amines is 1. The van der Waals surface area contributed by atoms with Crippen LogP contribution >= 0.6 is 0 Å². The van der Waals surface area contributed by atoms with E-state index >= 15 is 0 Å². The van der Waals surface area contributed by atoms with E-state index in [0.717, 1.165) is 4.90 Å². The van der Waals surface area contributed by atoms with Gasteiger partial charge in [-0.1, -0.05) is 0 Å². The van der Waals surface area contributed by atoms with E-state index in [2.05, 4.69) is 15.0 Å². The zero-order chi connectivity index (χ0) is 13.5. The van der Waals surface area contributed by atoms with Gasteiger partial charge < -0.3 is 5.73 Å². The SMILES string of the molecule is Nc1nc(N2CC(S(=O)(=O)F)CC2=O)nc(=O)[nH]1. The first-order valence-electron chi connectivity index (χ1n) is 4.75. The molecule has 0 radical (unpaired) electrons. The lowest BCUT2D eigenvalue weighted by atomic mass is 10.4. The quantitative estimate of drug-likeness (QED) is 0.605. The molecule has 0 saturated carbocycles. The standard InChI is InChI=1S/C7H8FN5O4S/c8-18(16,17)3-1-4(14)13(2-3)6-10-5(9)11-7(15)12-6/h3H,1-2H2,(H3,9,10,11,12,15). The Bertz CT molecular complexity index is 656. The molecule has 1 aromatic rings. The van der Waals surface area contributed by atoms with Crippen molar-refractivity contribution in [3.05, 3.63) is 10.5 Å². The molecule has 0 aromatic carbocycles. The van der Waals surface area contributed by atoms with Gasteiger partial charge in [0.25, 0.3) is 0 Å². The maximum absolute atomic E-state index is 12.8. The van der Waals surface area contributed by atoms with Crippen LogP contribution in [0.1, 0.15) is 6.42 Å². The van der Waals surface area contributed by atoms with Gasteiger partial charge in [-0.05, 0) is 0 Å². The Labute approximate surface area is 100 Å². The molecular formula is C7H8FN5O4S. The van der Waals surface area contributed by atoms with Crippen molar-refractivity contribution in [3.8, 4) is 0 Å². The molecule has 2 rings (SSSR count). The molecule has 1 unspecified atom stereocenters. The molecule has 1 saturated heterocycles. The summed E-state index contributed by atoms with van der Waals surface area (Å²) in [4.78, 5) is 32.4. The van der Waals surface area contributed by atoms with Crippen molar-refractivity contribution in [2.45, 2.75) is 11.7 Å². The van der Waals surface area contributed by atoms with Crippen LogP contribution in [0.15, 0.2) is 4.79 Å². The van der Waals surface area contributed by atoms with E-state index in [1.54, 1.807) is 0 Å². The lowest BCUT2D eigenvalue weighted by Gasteiger charge is -2.12. The molecule has 0 spiro atoms. The number of hydrogen-bond donors (Lipinski definition) is 2. The average molecular weight is 277 g/mol. The van der Waals surface area contributed by atoms with Crippen LogP contribution in [0.3, 0.4) is 0 Å². The fourth-order valence-electron chi connectivity index (χ4n) is 1.57. The van der Waals surface area contributed by atoms with Gasteiger partial charge in [-0.15, -0.1) is 3.89 Å². The van der Waals surface area contributed by atoms with E-state index in [0.29, 0.717) is 0 Å². The van der Waals surface area contributed by atoms with Gasteiger partial charge in [-0.2, -0.15) is 18.4 Å². The number of hydrogen-bond acceptors (Lipinski definition) is 7. The molecule has 1 aromatic heterocycles. The number of halogens is 1. The van der Waals surface area contributed by atoms with Crippen molar-refractivity contribution in [1.29, 1.82) is 0 Å². The van der Waals surface area contributed by atoms with Gasteiger partial charge in [0.15, 0.2) is 0 Å². The van der Waals surface area contributed by atoms with Crippen LogP contribution in [0.2, 0.25) is 0 Å². The minimum atomic E-state index is -4.83. The summed E-state index contributed by atoms with van der Waals surface area (Å²) in [6.45, 7) is -0.444. The highest BCUT2D eigenvalue weighted by Crippen LogP contribution is 2.22. The van der Waals surface area contributed by atoms with E-state index < -0.39 is 40.0 Å². The molecular weight excluding hydrogens is 269 g/mol. The van der Waals surface area contributed by atoms with Gasteiger partial charge in [0.2, 0.25) is 17.8 Å². The van der Waals surface area contributed by atoms with E-state index in [1.165, 1.54) is 0 Å². The highest BCUT2D eigenvalue weighted by molar-refractivity contribution is 7.87. The van der Waals surface area contributed by atoms with Crippen molar-refractivity contribution in [3.63, 3.8) is 0 Å². The van der Waals surface area contributed by atoms with Crippen LogP contribution in [0.25, 0.3) is 0 Å². The largest absolute Gasteiger partial charge is 0.369 e. The van der Waals surface area contributed by atoms with E-state index in [-0.39, 0.29) is 11.9 Å². The Morgan fingerprint density at radius 1 is 1.39 bits per heavy atom. The van der Waals surface area contributed by atoms with Crippen LogP contribution in [-0.4, -0.2) is 41.1 Å². The molecule has 0 aliphatic carbocycles. The van der Waals surface area contributed by atoms with Crippen LogP contribution in [0, 0.1) is 0 Å². The van der Waals surface area contributed by atoms with E-state index in [9.17, 15) is 21.9 Å². The molecule has 9 nitrogen and oxygen atoms in total. The number of nitrogen functional groups attached to an aromatic ring is 1. The van der Waals surface area contributed by atoms with Crippen molar-refractivity contribution < 1.29 is 17.1 Å². The fraction of sp³-hybridized carbons (Fsp3) is 0.429. The van der Waals surface area contributed by atoms with Gasteiger partial charge in [0.05, 0.1) is 0 Å². The third kappa shape index (κ3) is 2.30. The first kappa shape index (κ1) is 12.4. The minimum Gasteiger partial charge on any atom is -0.369 e. The minimum absolute atomic E-state index is 0.274. The topological polar surface area (TPSA) is 139 Å². The Morgan fingerprint density at radius 2 is 2.06 bits per heavy atom. The number of carbonyl (C=O) groups excluding carboxylic acids is 1. The maximum atomic E-state index is 12.8. The summed E-state index contributed by atoms with van der Waals surface area (Å²) < 4.78 is 34.2. The highest BCUT2D eigenvalue weighted by Gasteiger charge is 2.40. The van der Waals surface area contributed by atoms with Crippen molar-refractivity contribution in [2.75, 3.05) is 17.2 Å². The van der Waals surface area contributed by atoms with Crippen LogP contribution < -0.4 is 16.3 Å². The van der Waals surface area contributed by atoms with Crippen LogP contribution in [-0.2, 0) is 15.0 Å². The number of carbonyl (C=O) groups is 1. The molecule has 1 amide bonds. The number of H-pyrrole nitrogens is 1. The Hall–Kier alpha value is -2.04. The summed E-state index contributed by atoms with van der Waals surface area (Å²) in [5, 5.41) is -1.48. The molecule has 1 aliphatic rings. The summed E-state index contributed by atoms with van der Waals surface area (Å²) in [6.07, 6.45) is -0.519. The normalized spacial score (nSPS) is 20.4. The number of amides is 1. The fourth-order valence-corrected chi connectivity index (χ4v) is 2.24. The molecule has 1 aliphatic heterocycles. The van der Waals surface area contributed by atoms with E-state index in [1.807, 2.05) is 0 Å². The second-order valence-corrected chi connectivity index (χ2v) is 5.26. The molecule has 2 heterocycles. The van der Waals surface area contributed by atoms with Gasteiger partial charge in [0.1, 0.15) is 5.25 Å². The van der Waals surface area contributed by atoms with Gasteiger partial charge in [-0.3, -0.25) is 14.7 Å². The monoisotopic (exact) mass is 277 g/mol. The summed E-state index contributed by atoms with van der Waals surface area (Å²) in [7, 11) is -4.83. The molecule has 0 bridgehead atoms. The lowest BCUT2D eigenvalue weighted by Crippen LogP contribution is -2.31. The maximum Gasteiger partial charge on any atom is 0.351 e. The Morgan fingerprint density at radius 3 is 2.56 bits per heavy atom. The predicted molar refractivity (Wildman–Crippen MR) is 57.9 cm³/mol. The molecule has 98 valence electrons. The average Bonchev–Trinajstić information content (AvgIpc) is 2.58. The Kier molecular flexibility index (Phi) is 2.77. The highest BCUT2D eigenvalue weighted by atomic mass is 32.3. The van der Waals surface area contributed by atoms with Gasteiger partial charge >= 0.3 is 15.9 Å². The molecule has 3 N–H and O–H groups in total. The van der Waals surface area contributed by atoms with Gasteiger partial charge in [0, 0.05) is 13.0 Å². The predicted octanol–water partition coefficient (Wildman–Crippen LogP) is -1.85. The zero-order valence-corrected chi connectivity index (χ0v) is 9.65. The van der Waals surface area contributed by atoms with Crippen LogP contribution in [0.5, 0.6) is 0 Å². The molecule has 11 heteroatoms. The van der Waals surface area contributed by atoms with E-state index in [4.69, 9.17) is 5.73 Å². The number of nitrogens with two attached hydrogens (primary N) is 1. The van der Waals surface area contributed by atoms with Crippen molar-refractivity contribution in [2.24, 2.45) is 0 Å². The van der Waals surface area contributed by atoms with Crippen LogP contribution in [0.4, 0.5) is 15.8 Å². The summed E-state index contributed by atoms with van der Waals surface area (Å²) in [5.74, 6) is -1.30. The first-order chi connectivity index (χ1) is 8.27. The van der Waals surface area contributed by atoms with Gasteiger partial charge in [-0.25, -0.2) is 4.79 Å². The summed E-state index contributed by atoms with van der Waals surface area (Å²) in [6, 6.07) is 0. The second-order valence-electron chi connectivity index (χ2n) is 3.65. The third-order valence-electron chi connectivity index (χ3n) is 2.39. The zero-order valence-electron chi connectivity index (χ0n) is 8.83. The number of nitrogens with zero attached hydrogens (tertiary/aromatic N) is 3. The summed E-state index contributed by atoms with van der Waals surface area (Å²) in [5.41, 5.74) is 4.42. The molecule has 1 fully saturated rings. The smallest absolute Gasteiger partial charge is 0.351 e.